The second-order valence-corrected chi connectivity index (χ2v) is 16.6. The molecular weight excluding hydrogens is 670 g/mol. The number of aromatic nitrogens is 3. The predicted octanol–water partition coefficient (Wildman–Crippen LogP) is 5.95. The van der Waals surface area contributed by atoms with Crippen molar-refractivity contribution in [1.82, 2.24) is 25.2 Å². The molecule has 286 valence electrons. The molecule has 3 heterocycles. The Hall–Kier alpha value is -4.15. The Morgan fingerprint density at radius 3 is 2.32 bits per heavy atom. The smallest absolute Gasteiger partial charge is 0.246 e. The van der Waals surface area contributed by atoms with Crippen molar-refractivity contribution in [2.45, 2.75) is 130 Å². The van der Waals surface area contributed by atoms with Crippen LogP contribution < -0.4 is 5.32 Å². The van der Waals surface area contributed by atoms with Crippen molar-refractivity contribution in [3.63, 3.8) is 0 Å². The Kier molecular flexibility index (Phi) is 13.8. The first-order valence-corrected chi connectivity index (χ1v) is 19.8. The molecule has 11 heteroatoms. The van der Waals surface area contributed by atoms with Gasteiger partial charge in [-0.1, -0.05) is 65.9 Å². The number of Topliss-reactive ketones (excluding diaryl/α,β-unsaturated/α-hetero) is 4. The largest absolute Gasteiger partial charge is 0.344 e. The van der Waals surface area contributed by atoms with Crippen LogP contribution in [0.1, 0.15) is 127 Å². The molecule has 1 aliphatic heterocycles. The number of carbonyl (C=O) groups is 6. The minimum absolute atomic E-state index is 0.000618. The molecule has 1 unspecified atom stereocenters. The van der Waals surface area contributed by atoms with Crippen molar-refractivity contribution in [1.29, 1.82) is 0 Å². The van der Waals surface area contributed by atoms with Crippen LogP contribution in [-0.2, 0) is 30.4 Å². The molecular formula is C42H57N5O6. The summed E-state index contributed by atoms with van der Waals surface area (Å²) in [6.07, 6.45) is 16.5. The van der Waals surface area contributed by atoms with Gasteiger partial charge in [-0.2, -0.15) is 0 Å². The molecule has 2 amide bonds. The van der Waals surface area contributed by atoms with E-state index in [1.54, 1.807) is 23.4 Å². The van der Waals surface area contributed by atoms with E-state index < -0.39 is 40.9 Å². The van der Waals surface area contributed by atoms with Gasteiger partial charge in [-0.25, -0.2) is 4.98 Å². The van der Waals surface area contributed by atoms with E-state index in [0.717, 1.165) is 56.9 Å². The van der Waals surface area contributed by atoms with Gasteiger partial charge in [0.2, 0.25) is 17.6 Å². The number of amides is 2. The number of hydrogen-bond acceptors (Lipinski definition) is 9. The molecule has 11 nitrogen and oxygen atoms in total. The summed E-state index contributed by atoms with van der Waals surface area (Å²) in [6, 6.07) is 1.99. The Morgan fingerprint density at radius 1 is 0.906 bits per heavy atom. The zero-order chi connectivity index (χ0) is 38.1. The number of carbonyl (C=O) groups excluding carboxylic acids is 6. The number of ketones is 4. The van der Waals surface area contributed by atoms with Crippen LogP contribution in [0.5, 0.6) is 0 Å². The Bertz CT molecular complexity index is 1600. The molecule has 0 bridgehead atoms. The van der Waals surface area contributed by atoms with E-state index in [1.165, 1.54) is 18.6 Å². The van der Waals surface area contributed by atoms with E-state index in [4.69, 9.17) is 0 Å². The highest BCUT2D eigenvalue weighted by Crippen LogP contribution is 2.44. The van der Waals surface area contributed by atoms with Crippen molar-refractivity contribution < 1.29 is 28.8 Å². The summed E-state index contributed by atoms with van der Waals surface area (Å²) in [6.45, 7) is 8.04. The zero-order valence-corrected chi connectivity index (χ0v) is 31.9. The minimum atomic E-state index is -0.941. The summed E-state index contributed by atoms with van der Waals surface area (Å²) in [4.78, 5) is 97.3. The lowest BCUT2D eigenvalue weighted by Gasteiger charge is -2.38. The number of nitrogens with zero attached hydrogens (tertiary/aromatic N) is 4. The quantitative estimate of drug-likeness (QED) is 0.154. The molecule has 5 rings (SSSR count). The average molecular weight is 728 g/mol. The first-order valence-electron chi connectivity index (χ1n) is 19.8. The third-order valence-corrected chi connectivity index (χ3v) is 11.8. The van der Waals surface area contributed by atoms with E-state index in [1.807, 2.05) is 33.8 Å². The van der Waals surface area contributed by atoms with Crippen LogP contribution in [0.15, 0.2) is 43.1 Å². The maximum absolute atomic E-state index is 14.7. The highest BCUT2D eigenvalue weighted by Gasteiger charge is 2.52. The van der Waals surface area contributed by atoms with E-state index in [9.17, 15) is 28.8 Å². The molecule has 53 heavy (non-hydrogen) atoms. The van der Waals surface area contributed by atoms with Gasteiger partial charge in [0.1, 0.15) is 11.7 Å². The number of likely N-dealkylation sites (tertiary alicyclic amines) is 1. The van der Waals surface area contributed by atoms with Gasteiger partial charge in [0.25, 0.3) is 0 Å². The van der Waals surface area contributed by atoms with Gasteiger partial charge in [-0.3, -0.25) is 38.7 Å². The SMILES string of the molecule is CCC[C@H](CC(=O)[C@@H]1[C@H]2CCCC2CN1C(=O)[C@@H](NC(=O)[C@@H](CC(=O)c1cnccn1)C1CCCCC1)C(C)(C)C)C(=O)C(=O)CCc1cccnc1. The molecule has 1 saturated heterocycles. The van der Waals surface area contributed by atoms with Crippen molar-refractivity contribution in [3.8, 4) is 0 Å². The van der Waals surface area contributed by atoms with Gasteiger partial charge in [0, 0.05) is 62.4 Å². The molecule has 0 radical (unpaired) electrons. The van der Waals surface area contributed by atoms with E-state index in [0.29, 0.717) is 25.8 Å². The summed E-state index contributed by atoms with van der Waals surface area (Å²) < 4.78 is 0. The molecule has 2 aromatic rings. The maximum Gasteiger partial charge on any atom is 0.246 e. The summed E-state index contributed by atoms with van der Waals surface area (Å²) in [5.74, 6) is -3.34. The number of fused-ring (bicyclic) bond motifs is 1. The number of pyridine rings is 1. The van der Waals surface area contributed by atoms with Gasteiger partial charge >= 0.3 is 0 Å². The number of rotatable bonds is 17. The van der Waals surface area contributed by atoms with Crippen molar-refractivity contribution in [2.24, 2.45) is 35.0 Å². The van der Waals surface area contributed by atoms with Crippen LogP contribution in [0.4, 0.5) is 0 Å². The standard InChI is InChI=1S/C42H57N5O6/c1-5-11-29(38(51)34(48)18-17-27-12-10-19-43-24-27)22-36(50)37-31-16-9-15-30(31)26-47(37)41(53)39(42(2,3)4)46-40(52)32(28-13-7-6-8-14-28)23-35(49)33-25-44-20-21-45-33/h10,12,19-21,24-25,28-32,37,39H,5-9,11,13-18,22-23,26H2,1-4H3,(H,46,52)/t29-,30?,31+,32+,37+,39-/m1/s1. The van der Waals surface area contributed by atoms with Gasteiger partial charge < -0.3 is 10.2 Å². The molecule has 6 atom stereocenters. The van der Waals surface area contributed by atoms with Crippen LogP contribution in [0.2, 0.25) is 0 Å². The Labute approximate surface area is 313 Å². The summed E-state index contributed by atoms with van der Waals surface area (Å²) in [7, 11) is 0. The summed E-state index contributed by atoms with van der Waals surface area (Å²) in [5.41, 5.74) is 0.377. The zero-order valence-electron chi connectivity index (χ0n) is 31.9. The monoisotopic (exact) mass is 727 g/mol. The predicted molar refractivity (Wildman–Crippen MR) is 199 cm³/mol. The van der Waals surface area contributed by atoms with Gasteiger partial charge in [-0.05, 0) is 73.3 Å². The van der Waals surface area contributed by atoms with Crippen molar-refractivity contribution in [3.05, 3.63) is 54.4 Å². The molecule has 2 aromatic heterocycles. The average Bonchev–Trinajstić information content (AvgIpc) is 3.77. The molecule has 2 aliphatic carbocycles. The van der Waals surface area contributed by atoms with Gasteiger partial charge in [0.15, 0.2) is 17.3 Å². The van der Waals surface area contributed by atoms with Crippen molar-refractivity contribution >= 4 is 34.9 Å². The first-order chi connectivity index (χ1) is 25.4. The lowest BCUT2D eigenvalue weighted by Crippen LogP contribution is -2.58. The maximum atomic E-state index is 14.7. The van der Waals surface area contributed by atoms with Crippen LogP contribution in [-0.4, -0.2) is 73.4 Å². The molecule has 3 fully saturated rings. The fourth-order valence-corrected chi connectivity index (χ4v) is 8.96. The van der Waals surface area contributed by atoms with E-state index in [-0.39, 0.29) is 66.1 Å². The van der Waals surface area contributed by atoms with Crippen molar-refractivity contribution in [2.75, 3.05) is 6.54 Å². The molecule has 0 aromatic carbocycles. The Balaban J connectivity index is 1.34. The number of aryl methyl sites for hydroxylation is 1. The van der Waals surface area contributed by atoms with E-state index >= 15 is 0 Å². The highest BCUT2D eigenvalue weighted by molar-refractivity contribution is 6.38. The highest BCUT2D eigenvalue weighted by atomic mass is 16.2. The van der Waals surface area contributed by atoms with Crippen LogP contribution in [0.3, 0.4) is 0 Å². The number of nitrogens with one attached hydrogen (secondary N) is 1. The normalized spacial score (nSPS) is 22.0. The Morgan fingerprint density at radius 2 is 1.66 bits per heavy atom. The van der Waals surface area contributed by atoms with Crippen LogP contribution in [0, 0.1) is 35.0 Å². The second-order valence-electron chi connectivity index (χ2n) is 16.6. The molecule has 0 spiro atoms. The topological polar surface area (TPSA) is 156 Å². The molecule has 2 saturated carbocycles. The second kappa shape index (κ2) is 18.3. The van der Waals surface area contributed by atoms with Crippen LogP contribution in [0.25, 0.3) is 0 Å². The summed E-state index contributed by atoms with van der Waals surface area (Å²) in [5, 5.41) is 3.10. The lowest BCUT2D eigenvalue weighted by atomic mass is 9.76. The lowest BCUT2D eigenvalue weighted by molar-refractivity contribution is -0.146. The fourth-order valence-electron chi connectivity index (χ4n) is 8.96. The van der Waals surface area contributed by atoms with Gasteiger partial charge in [-0.15, -0.1) is 0 Å². The first kappa shape index (κ1) is 40.0. The van der Waals surface area contributed by atoms with E-state index in [2.05, 4.69) is 20.3 Å². The fraction of sp³-hybridized carbons (Fsp3) is 0.643. The minimum Gasteiger partial charge on any atom is -0.344 e. The van der Waals surface area contributed by atoms with Gasteiger partial charge in [0.05, 0.1) is 12.2 Å². The molecule has 3 aliphatic rings. The molecule has 1 N–H and O–H groups in total. The third kappa shape index (κ3) is 10.1. The third-order valence-electron chi connectivity index (χ3n) is 11.8. The van der Waals surface area contributed by atoms with Crippen LogP contribution >= 0.6 is 0 Å². The summed E-state index contributed by atoms with van der Waals surface area (Å²) >= 11 is 0. The number of hydrogen-bond donors (Lipinski definition) is 1.